The topological polar surface area (TPSA) is 33.2 Å². The van der Waals surface area contributed by atoms with Crippen molar-refractivity contribution in [1.82, 2.24) is 9.88 Å². The Bertz CT molecular complexity index is 712. The smallest absolute Gasteiger partial charge is 0.229 e. The van der Waals surface area contributed by atoms with Gasteiger partial charge in [0, 0.05) is 11.9 Å². The molecule has 128 valence electrons. The number of likely N-dealkylation sites (tertiary alicyclic amines) is 1. The third-order valence-electron chi connectivity index (χ3n) is 4.73. The van der Waals surface area contributed by atoms with Crippen molar-refractivity contribution in [2.75, 3.05) is 6.54 Å². The first-order chi connectivity index (χ1) is 11.3. The summed E-state index contributed by atoms with van der Waals surface area (Å²) in [7, 11) is 0. The number of carbonyl (C=O) groups excluding carboxylic acids is 1. The molecule has 2 heterocycles. The maximum Gasteiger partial charge on any atom is 0.229 e. The molecule has 0 radical (unpaired) electrons. The molecule has 0 spiro atoms. The van der Waals surface area contributed by atoms with Gasteiger partial charge in [-0.05, 0) is 36.3 Å². The monoisotopic (exact) mass is 342 g/mol. The van der Waals surface area contributed by atoms with Crippen LogP contribution in [0.1, 0.15) is 61.5 Å². The van der Waals surface area contributed by atoms with E-state index in [0.29, 0.717) is 6.42 Å². The summed E-state index contributed by atoms with van der Waals surface area (Å²) >= 11 is 1.61. The minimum Gasteiger partial charge on any atom is -0.335 e. The Kier molecular flexibility index (Phi) is 4.77. The molecule has 1 aliphatic rings. The van der Waals surface area contributed by atoms with Crippen LogP contribution in [0.4, 0.5) is 0 Å². The van der Waals surface area contributed by atoms with Crippen molar-refractivity contribution in [3.63, 3.8) is 0 Å². The molecule has 0 N–H and O–H groups in total. The van der Waals surface area contributed by atoms with Gasteiger partial charge in [-0.3, -0.25) is 4.79 Å². The second kappa shape index (κ2) is 6.67. The Morgan fingerprint density at radius 1 is 1.29 bits per heavy atom. The van der Waals surface area contributed by atoms with Crippen LogP contribution in [0.15, 0.2) is 29.6 Å². The van der Waals surface area contributed by atoms with Crippen molar-refractivity contribution in [3.8, 4) is 0 Å². The maximum atomic E-state index is 12.7. The Balaban J connectivity index is 1.74. The number of aryl methyl sites for hydroxylation is 1. The lowest BCUT2D eigenvalue weighted by atomic mass is 9.86. The second-order valence-electron chi connectivity index (χ2n) is 7.65. The van der Waals surface area contributed by atoms with E-state index in [4.69, 9.17) is 0 Å². The molecule has 1 unspecified atom stereocenters. The third-order valence-corrected chi connectivity index (χ3v) is 5.56. The fraction of sp³-hybridized carbons (Fsp3) is 0.500. The summed E-state index contributed by atoms with van der Waals surface area (Å²) in [5.74, 6) is 0.197. The number of nitrogens with zero attached hydrogens (tertiary/aromatic N) is 2. The van der Waals surface area contributed by atoms with E-state index in [9.17, 15) is 4.79 Å². The first kappa shape index (κ1) is 17.2. The number of amides is 1. The summed E-state index contributed by atoms with van der Waals surface area (Å²) in [6, 6.07) is 9.03. The van der Waals surface area contributed by atoms with Crippen LogP contribution in [0.2, 0.25) is 0 Å². The van der Waals surface area contributed by atoms with E-state index < -0.39 is 0 Å². The van der Waals surface area contributed by atoms with Crippen molar-refractivity contribution < 1.29 is 4.79 Å². The van der Waals surface area contributed by atoms with Crippen LogP contribution in [-0.2, 0) is 16.6 Å². The molecule has 2 aromatic rings. The molecule has 1 amide bonds. The number of hydrogen-bond acceptors (Lipinski definition) is 3. The molecule has 1 aliphatic heterocycles. The first-order valence-electron chi connectivity index (χ1n) is 8.65. The van der Waals surface area contributed by atoms with Gasteiger partial charge in [-0.25, -0.2) is 4.98 Å². The first-order valence-corrected chi connectivity index (χ1v) is 9.53. The van der Waals surface area contributed by atoms with Crippen LogP contribution in [-0.4, -0.2) is 22.3 Å². The summed E-state index contributed by atoms with van der Waals surface area (Å²) in [6.45, 7) is 9.51. The quantitative estimate of drug-likeness (QED) is 0.813. The van der Waals surface area contributed by atoms with Gasteiger partial charge in [0.25, 0.3) is 0 Å². The maximum absolute atomic E-state index is 12.7. The molecule has 3 rings (SSSR count). The largest absolute Gasteiger partial charge is 0.335 e. The lowest BCUT2D eigenvalue weighted by Gasteiger charge is -2.26. The van der Waals surface area contributed by atoms with Crippen molar-refractivity contribution in [1.29, 1.82) is 0 Å². The van der Waals surface area contributed by atoms with Crippen LogP contribution in [0.25, 0.3) is 0 Å². The number of benzene rings is 1. The van der Waals surface area contributed by atoms with Crippen molar-refractivity contribution in [2.24, 2.45) is 0 Å². The van der Waals surface area contributed by atoms with Crippen LogP contribution in [0.3, 0.4) is 0 Å². The highest BCUT2D eigenvalue weighted by Crippen LogP contribution is 2.33. The summed E-state index contributed by atoms with van der Waals surface area (Å²) < 4.78 is 0. The van der Waals surface area contributed by atoms with Gasteiger partial charge in [0.15, 0.2) is 0 Å². The average Bonchev–Trinajstić information content (AvgIpc) is 3.15. The van der Waals surface area contributed by atoms with Crippen LogP contribution in [0, 0.1) is 6.92 Å². The molecule has 24 heavy (non-hydrogen) atoms. The fourth-order valence-corrected chi connectivity index (χ4v) is 3.98. The van der Waals surface area contributed by atoms with E-state index in [1.54, 1.807) is 11.3 Å². The zero-order chi connectivity index (χ0) is 17.3. The molecule has 0 bridgehead atoms. The van der Waals surface area contributed by atoms with Gasteiger partial charge in [-0.1, -0.05) is 45.0 Å². The molecule has 3 nitrogen and oxygen atoms in total. The lowest BCUT2D eigenvalue weighted by molar-refractivity contribution is -0.131. The molecule has 1 saturated heterocycles. The minimum absolute atomic E-state index is 0.159. The lowest BCUT2D eigenvalue weighted by Crippen LogP contribution is -2.32. The third kappa shape index (κ3) is 3.69. The number of carbonyl (C=O) groups is 1. The minimum atomic E-state index is 0.159. The van der Waals surface area contributed by atoms with E-state index in [0.717, 1.165) is 30.1 Å². The molecular formula is C20H26N2OS. The molecular weight excluding hydrogens is 316 g/mol. The van der Waals surface area contributed by atoms with Gasteiger partial charge in [0.2, 0.25) is 5.91 Å². The predicted octanol–water partition coefficient (Wildman–Crippen LogP) is 4.66. The SMILES string of the molecule is Cc1nc(CC(=O)N2CCCC2c2ccc(C(C)(C)C)cc2)cs1. The number of hydrogen-bond donors (Lipinski definition) is 0. The normalized spacial score (nSPS) is 18.2. The highest BCUT2D eigenvalue weighted by atomic mass is 32.1. The average molecular weight is 343 g/mol. The molecule has 1 atom stereocenters. The van der Waals surface area contributed by atoms with E-state index >= 15 is 0 Å². The molecule has 0 saturated carbocycles. The summed E-state index contributed by atoms with van der Waals surface area (Å²) in [5, 5.41) is 3.02. The number of rotatable bonds is 3. The van der Waals surface area contributed by atoms with E-state index in [1.165, 1.54) is 11.1 Å². The van der Waals surface area contributed by atoms with E-state index in [2.05, 4.69) is 50.0 Å². The predicted molar refractivity (Wildman–Crippen MR) is 99.4 cm³/mol. The highest BCUT2D eigenvalue weighted by Gasteiger charge is 2.30. The highest BCUT2D eigenvalue weighted by molar-refractivity contribution is 7.09. The number of aromatic nitrogens is 1. The van der Waals surface area contributed by atoms with Crippen molar-refractivity contribution >= 4 is 17.2 Å². The molecule has 1 aromatic carbocycles. The standard InChI is InChI=1S/C20H26N2OS/c1-14-21-17(13-24-14)12-19(23)22-11-5-6-18(22)15-7-9-16(10-8-15)20(2,3)4/h7-10,13,18H,5-6,11-12H2,1-4H3. The summed E-state index contributed by atoms with van der Waals surface area (Å²) in [5.41, 5.74) is 3.64. The fourth-order valence-electron chi connectivity index (χ4n) is 3.36. The van der Waals surface area contributed by atoms with Gasteiger partial charge in [0.05, 0.1) is 23.2 Å². The van der Waals surface area contributed by atoms with Crippen molar-refractivity contribution in [3.05, 3.63) is 51.5 Å². The van der Waals surface area contributed by atoms with Gasteiger partial charge in [-0.15, -0.1) is 11.3 Å². The van der Waals surface area contributed by atoms with Crippen LogP contribution < -0.4 is 0 Å². The molecule has 1 fully saturated rings. The second-order valence-corrected chi connectivity index (χ2v) is 8.71. The van der Waals surface area contributed by atoms with Crippen LogP contribution >= 0.6 is 11.3 Å². The van der Waals surface area contributed by atoms with E-state index in [-0.39, 0.29) is 17.4 Å². The van der Waals surface area contributed by atoms with Gasteiger partial charge in [-0.2, -0.15) is 0 Å². The van der Waals surface area contributed by atoms with E-state index in [1.807, 2.05) is 17.2 Å². The summed E-state index contributed by atoms with van der Waals surface area (Å²) in [6.07, 6.45) is 2.55. The zero-order valence-electron chi connectivity index (χ0n) is 15.0. The van der Waals surface area contributed by atoms with Crippen molar-refractivity contribution in [2.45, 2.75) is 58.4 Å². The molecule has 1 aromatic heterocycles. The Labute approximate surface area is 148 Å². The zero-order valence-corrected chi connectivity index (χ0v) is 15.8. The Hall–Kier alpha value is -1.68. The molecule has 0 aliphatic carbocycles. The Morgan fingerprint density at radius 3 is 2.58 bits per heavy atom. The van der Waals surface area contributed by atoms with Gasteiger partial charge in [0.1, 0.15) is 0 Å². The number of thiazole rings is 1. The summed E-state index contributed by atoms with van der Waals surface area (Å²) in [4.78, 5) is 19.2. The Morgan fingerprint density at radius 2 is 2.00 bits per heavy atom. The van der Waals surface area contributed by atoms with Gasteiger partial charge >= 0.3 is 0 Å². The van der Waals surface area contributed by atoms with Gasteiger partial charge < -0.3 is 4.90 Å². The van der Waals surface area contributed by atoms with Crippen LogP contribution in [0.5, 0.6) is 0 Å². The molecule has 4 heteroatoms.